The molecule has 1 saturated heterocycles. The maximum absolute atomic E-state index is 12.4. The van der Waals surface area contributed by atoms with Gasteiger partial charge in [-0.1, -0.05) is 25.1 Å². The fraction of sp³-hybridized carbons (Fsp3) is 0.556. The van der Waals surface area contributed by atoms with E-state index in [4.69, 9.17) is 0 Å². The summed E-state index contributed by atoms with van der Waals surface area (Å²) in [7, 11) is 0. The van der Waals surface area contributed by atoms with Crippen molar-refractivity contribution in [1.29, 1.82) is 0 Å². The van der Waals surface area contributed by atoms with Crippen molar-refractivity contribution in [2.24, 2.45) is 11.8 Å². The summed E-state index contributed by atoms with van der Waals surface area (Å²) in [5.41, 5.74) is 0.743. The summed E-state index contributed by atoms with van der Waals surface area (Å²) >= 11 is 0. The normalized spacial score (nSPS) is 20.5. The van der Waals surface area contributed by atoms with Gasteiger partial charge in [-0.15, -0.1) is 0 Å². The quantitative estimate of drug-likeness (QED) is 0.928. The van der Waals surface area contributed by atoms with Gasteiger partial charge < -0.3 is 10.2 Å². The van der Waals surface area contributed by atoms with Crippen molar-refractivity contribution in [2.75, 3.05) is 13.1 Å². The van der Waals surface area contributed by atoms with Gasteiger partial charge in [0, 0.05) is 30.6 Å². The Bertz CT molecular complexity index is 531. The summed E-state index contributed by atoms with van der Waals surface area (Å²) in [5, 5.41) is 3.16. The van der Waals surface area contributed by atoms with Crippen LogP contribution in [-0.4, -0.2) is 35.8 Å². The highest BCUT2D eigenvalue weighted by atomic mass is 16.2. The predicted octanol–water partition coefficient (Wildman–Crippen LogP) is 2.45. The monoisotopic (exact) mass is 300 g/mol. The van der Waals surface area contributed by atoms with Crippen molar-refractivity contribution in [1.82, 2.24) is 10.2 Å². The number of benzene rings is 1. The summed E-state index contributed by atoms with van der Waals surface area (Å²) < 4.78 is 0. The van der Waals surface area contributed by atoms with E-state index in [1.54, 1.807) is 0 Å². The number of amides is 2. The van der Waals surface area contributed by atoms with Crippen molar-refractivity contribution in [3.8, 4) is 0 Å². The molecule has 2 aliphatic rings. The van der Waals surface area contributed by atoms with E-state index < -0.39 is 0 Å². The second-order valence-electron chi connectivity index (χ2n) is 6.57. The van der Waals surface area contributed by atoms with Crippen LogP contribution in [0.15, 0.2) is 30.3 Å². The molecule has 1 aromatic carbocycles. The molecular formula is C18H24N2O2. The van der Waals surface area contributed by atoms with Gasteiger partial charge in [0.25, 0.3) is 5.91 Å². The molecule has 1 saturated carbocycles. The van der Waals surface area contributed by atoms with Crippen LogP contribution in [0.3, 0.4) is 0 Å². The first-order valence-corrected chi connectivity index (χ1v) is 8.30. The van der Waals surface area contributed by atoms with Gasteiger partial charge in [0.05, 0.1) is 0 Å². The maximum atomic E-state index is 12.4. The van der Waals surface area contributed by atoms with Gasteiger partial charge >= 0.3 is 0 Å². The lowest BCUT2D eigenvalue weighted by atomic mass is 10.0. The highest BCUT2D eigenvalue weighted by molar-refractivity contribution is 5.94. The minimum atomic E-state index is 0.0942. The molecule has 1 heterocycles. The molecule has 2 fully saturated rings. The van der Waals surface area contributed by atoms with E-state index >= 15 is 0 Å². The highest BCUT2D eigenvalue weighted by Gasteiger charge is 2.34. The summed E-state index contributed by atoms with van der Waals surface area (Å²) in [4.78, 5) is 26.4. The second kappa shape index (κ2) is 6.51. The van der Waals surface area contributed by atoms with Crippen molar-refractivity contribution < 1.29 is 9.59 Å². The zero-order chi connectivity index (χ0) is 15.5. The van der Waals surface area contributed by atoms with Gasteiger partial charge in [-0.2, -0.15) is 0 Å². The molecule has 22 heavy (non-hydrogen) atoms. The first-order valence-electron chi connectivity index (χ1n) is 8.30. The average molecular weight is 300 g/mol. The standard InChI is InChI=1S/C18H24N2O2/c1-13(14-7-8-14)17(21)19-16-9-11-20(12-10-16)18(22)15-5-3-2-4-6-15/h2-6,13-14,16H,7-12H2,1H3,(H,19,21). The lowest BCUT2D eigenvalue weighted by molar-refractivity contribution is -0.126. The molecule has 1 unspecified atom stereocenters. The summed E-state index contributed by atoms with van der Waals surface area (Å²) in [6.07, 6.45) is 4.08. The smallest absolute Gasteiger partial charge is 0.253 e. The van der Waals surface area contributed by atoms with Gasteiger partial charge in [0.15, 0.2) is 0 Å². The SMILES string of the molecule is CC(C(=O)NC1CCN(C(=O)c2ccccc2)CC1)C1CC1. The Balaban J connectivity index is 1.48. The summed E-state index contributed by atoms with van der Waals surface area (Å²) in [5.74, 6) is 1.02. The highest BCUT2D eigenvalue weighted by Crippen LogP contribution is 2.36. The largest absolute Gasteiger partial charge is 0.353 e. The molecule has 1 atom stereocenters. The third kappa shape index (κ3) is 3.49. The van der Waals surface area contributed by atoms with E-state index in [1.165, 1.54) is 12.8 Å². The van der Waals surface area contributed by atoms with Crippen LogP contribution in [-0.2, 0) is 4.79 Å². The van der Waals surface area contributed by atoms with Gasteiger partial charge in [0.2, 0.25) is 5.91 Å². The van der Waals surface area contributed by atoms with Crippen LogP contribution in [0.1, 0.15) is 43.0 Å². The molecule has 3 rings (SSSR count). The number of rotatable bonds is 4. The Labute approximate surface area is 131 Å². The van der Waals surface area contributed by atoms with Crippen LogP contribution >= 0.6 is 0 Å². The number of carbonyl (C=O) groups excluding carboxylic acids is 2. The lowest BCUT2D eigenvalue weighted by Crippen LogP contribution is -2.47. The molecule has 1 aliphatic heterocycles. The van der Waals surface area contributed by atoms with Crippen LogP contribution in [0.4, 0.5) is 0 Å². The van der Waals surface area contributed by atoms with Gasteiger partial charge in [-0.3, -0.25) is 9.59 Å². The van der Waals surface area contributed by atoms with Crippen LogP contribution in [0, 0.1) is 11.8 Å². The summed E-state index contributed by atoms with van der Waals surface area (Å²) in [6.45, 7) is 3.47. The molecule has 0 bridgehead atoms. The molecule has 1 aromatic rings. The number of piperidine rings is 1. The molecule has 0 spiro atoms. The molecular weight excluding hydrogens is 276 g/mol. The Morgan fingerprint density at radius 1 is 1.09 bits per heavy atom. The van der Waals surface area contributed by atoms with E-state index in [1.807, 2.05) is 42.2 Å². The van der Waals surface area contributed by atoms with Crippen LogP contribution in [0.25, 0.3) is 0 Å². The van der Waals surface area contributed by atoms with Crippen LogP contribution in [0.5, 0.6) is 0 Å². The fourth-order valence-electron chi connectivity index (χ4n) is 3.13. The van der Waals surface area contributed by atoms with Crippen molar-refractivity contribution in [3.63, 3.8) is 0 Å². The number of nitrogens with one attached hydrogen (secondary N) is 1. The average Bonchev–Trinajstić information content (AvgIpc) is 3.40. The number of hydrogen-bond donors (Lipinski definition) is 1. The van der Waals surface area contributed by atoms with E-state index in [0.717, 1.165) is 31.5 Å². The molecule has 2 amide bonds. The minimum absolute atomic E-state index is 0.0942. The van der Waals surface area contributed by atoms with Crippen LogP contribution in [0.2, 0.25) is 0 Å². The topological polar surface area (TPSA) is 49.4 Å². The van der Waals surface area contributed by atoms with E-state index in [-0.39, 0.29) is 23.8 Å². The molecule has 4 nitrogen and oxygen atoms in total. The Hall–Kier alpha value is -1.84. The van der Waals surface area contributed by atoms with Gasteiger partial charge in [-0.05, 0) is 43.7 Å². The van der Waals surface area contributed by atoms with Gasteiger partial charge in [0.1, 0.15) is 0 Å². The number of hydrogen-bond acceptors (Lipinski definition) is 2. The first-order chi connectivity index (χ1) is 10.6. The second-order valence-corrected chi connectivity index (χ2v) is 6.57. The zero-order valence-electron chi connectivity index (χ0n) is 13.1. The van der Waals surface area contributed by atoms with Crippen LogP contribution < -0.4 is 5.32 Å². The van der Waals surface area contributed by atoms with E-state index in [2.05, 4.69) is 5.32 Å². The maximum Gasteiger partial charge on any atom is 0.253 e. The minimum Gasteiger partial charge on any atom is -0.353 e. The number of likely N-dealkylation sites (tertiary alicyclic amines) is 1. The van der Waals surface area contributed by atoms with E-state index in [0.29, 0.717) is 5.92 Å². The zero-order valence-corrected chi connectivity index (χ0v) is 13.1. The summed E-state index contributed by atoms with van der Waals surface area (Å²) in [6, 6.07) is 9.62. The predicted molar refractivity (Wildman–Crippen MR) is 85.4 cm³/mol. The number of nitrogens with zero attached hydrogens (tertiary/aromatic N) is 1. The molecule has 1 N–H and O–H groups in total. The Morgan fingerprint density at radius 2 is 1.73 bits per heavy atom. The molecule has 1 aliphatic carbocycles. The molecule has 4 heteroatoms. The molecule has 118 valence electrons. The van der Waals surface area contributed by atoms with Gasteiger partial charge in [-0.25, -0.2) is 0 Å². The van der Waals surface area contributed by atoms with Crippen molar-refractivity contribution in [2.45, 2.75) is 38.6 Å². The third-order valence-electron chi connectivity index (χ3n) is 4.89. The number of carbonyl (C=O) groups is 2. The van der Waals surface area contributed by atoms with Crippen molar-refractivity contribution in [3.05, 3.63) is 35.9 Å². The lowest BCUT2D eigenvalue weighted by Gasteiger charge is -2.33. The van der Waals surface area contributed by atoms with E-state index in [9.17, 15) is 9.59 Å². The first kappa shape index (κ1) is 15.1. The Morgan fingerprint density at radius 3 is 2.32 bits per heavy atom. The van der Waals surface area contributed by atoms with Crippen molar-refractivity contribution >= 4 is 11.8 Å². The molecule has 0 radical (unpaired) electrons. The third-order valence-corrected chi connectivity index (χ3v) is 4.89. The molecule has 0 aromatic heterocycles. The fourth-order valence-corrected chi connectivity index (χ4v) is 3.13. The Kier molecular flexibility index (Phi) is 4.46.